The van der Waals surface area contributed by atoms with Crippen molar-refractivity contribution in [1.82, 2.24) is 10.2 Å². The molecule has 128 valence electrons. The van der Waals surface area contributed by atoms with Crippen LogP contribution in [0, 0.1) is 0 Å². The average Bonchev–Trinajstić information content (AvgIpc) is 3.00. The minimum atomic E-state index is -1.06. The molecule has 0 aliphatic carbocycles. The van der Waals surface area contributed by atoms with E-state index in [0.29, 0.717) is 6.42 Å². The number of carbonyl (C=O) groups excluding carboxylic acids is 2. The number of carboxylic acid groups (broad SMARTS) is 1. The summed E-state index contributed by atoms with van der Waals surface area (Å²) in [5.41, 5.74) is 0.860. The van der Waals surface area contributed by atoms with Gasteiger partial charge in [-0.3, -0.25) is 9.59 Å². The third kappa shape index (κ3) is 6.48. The van der Waals surface area contributed by atoms with Crippen LogP contribution in [-0.4, -0.2) is 40.4 Å². The monoisotopic (exact) mass is 330 g/mol. The number of aliphatic carboxylic acids is 1. The molecular weight excluding hydrogens is 308 g/mol. The van der Waals surface area contributed by atoms with Crippen LogP contribution in [0.25, 0.3) is 0 Å². The Morgan fingerprint density at radius 3 is 2.38 bits per heavy atom. The largest absolute Gasteiger partial charge is 0.480 e. The fourth-order valence-corrected chi connectivity index (χ4v) is 2.14. The Labute approximate surface area is 141 Å². The van der Waals surface area contributed by atoms with Crippen LogP contribution in [0.5, 0.6) is 0 Å². The Morgan fingerprint density at radius 1 is 1.29 bits per heavy atom. The molecule has 2 amide bonds. The Bertz CT molecular complexity index is 598. The maximum Gasteiger partial charge on any atom is 0.326 e. The maximum absolute atomic E-state index is 11.0. The number of hydrogen-bond acceptors (Lipinski definition) is 3. The number of amides is 2. The van der Waals surface area contributed by atoms with Gasteiger partial charge in [-0.2, -0.15) is 0 Å². The van der Waals surface area contributed by atoms with Crippen molar-refractivity contribution in [2.75, 3.05) is 6.54 Å². The van der Waals surface area contributed by atoms with Crippen molar-refractivity contribution < 1.29 is 19.5 Å². The van der Waals surface area contributed by atoms with Gasteiger partial charge in [0.05, 0.1) is 0 Å². The topological polar surface area (TPSA) is 86.7 Å². The highest BCUT2D eigenvalue weighted by molar-refractivity contribution is 5.90. The van der Waals surface area contributed by atoms with Crippen LogP contribution < -0.4 is 5.32 Å². The minimum Gasteiger partial charge on any atom is -0.480 e. The summed E-state index contributed by atoms with van der Waals surface area (Å²) >= 11 is 0. The first-order chi connectivity index (χ1) is 11.5. The second-order valence-electron chi connectivity index (χ2n) is 5.17. The summed E-state index contributed by atoms with van der Waals surface area (Å²) < 4.78 is 0. The molecule has 0 spiro atoms. The molecule has 24 heavy (non-hydrogen) atoms. The van der Waals surface area contributed by atoms with Crippen LogP contribution in [0.15, 0.2) is 55.8 Å². The summed E-state index contributed by atoms with van der Waals surface area (Å²) in [6, 6.07) is 8.20. The first-order valence-electron chi connectivity index (χ1n) is 7.59. The van der Waals surface area contributed by atoms with Gasteiger partial charge in [-0.1, -0.05) is 43.5 Å². The van der Waals surface area contributed by atoms with E-state index in [2.05, 4.69) is 18.5 Å². The molecule has 1 heterocycles. The lowest BCUT2D eigenvalue weighted by molar-refractivity contribution is -0.141. The lowest BCUT2D eigenvalue weighted by Crippen LogP contribution is -2.41. The summed E-state index contributed by atoms with van der Waals surface area (Å²) in [5.74, 6) is -1.33. The number of hydrogen-bond donors (Lipinski definition) is 2. The molecule has 1 atom stereocenters. The van der Waals surface area contributed by atoms with E-state index in [0.717, 1.165) is 24.6 Å². The highest BCUT2D eigenvalue weighted by Gasteiger charge is 2.19. The second kappa shape index (κ2) is 9.99. The highest BCUT2D eigenvalue weighted by Crippen LogP contribution is 2.08. The molecule has 6 heteroatoms. The predicted octanol–water partition coefficient (Wildman–Crippen LogP) is 1.74. The summed E-state index contributed by atoms with van der Waals surface area (Å²) in [6.07, 6.45) is 4.60. The van der Waals surface area contributed by atoms with E-state index in [-0.39, 0.29) is 12.3 Å². The molecule has 1 aromatic rings. The predicted molar refractivity (Wildman–Crippen MR) is 91.1 cm³/mol. The van der Waals surface area contributed by atoms with Gasteiger partial charge in [-0.05, 0) is 24.3 Å². The van der Waals surface area contributed by atoms with Gasteiger partial charge in [0, 0.05) is 19.4 Å². The lowest BCUT2D eigenvalue weighted by Gasteiger charge is -2.13. The molecule has 0 saturated carbocycles. The van der Waals surface area contributed by atoms with Crippen molar-refractivity contribution in [3.63, 3.8) is 0 Å². The number of carbonyl (C=O) groups is 3. The Kier molecular flexibility index (Phi) is 7.98. The molecule has 1 aliphatic rings. The first kappa shape index (κ1) is 19.2. The van der Waals surface area contributed by atoms with Crippen molar-refractivity contribution in [3.05, 3.63) is 61.3 Å². The minimum absolute atomic E-state index is 0.208. The van der Waals surface area contributed by atoms with Crippen molar-refractivity contribution >= 4 is 17.8 Å². The van der Waals surface area contributed by atoms with Crippen LogP contribution in [0.2, 0.25) is 0 Å². The normalized spacial score (nSPS) is 14.2. The molecule has 1 saturated heterocycles. The standard InChI is InChI=1S/C12H13NO3.C6H9NO/c1-2-11(14)13-10(12(15)16)8-9-6-4-3-5-7-9;1-2-7-5-3-4-6(7)8/h2-7,10H,1,8H2,(H,13,14)(H,15,16);2H,1,3-5H2. The number of nitrogens with zero attached hydrogens (tertiary/aromatic N) is 1. The highest BCUT2D eigenvalue weighted by atomic mass is 16.4. The van der Waals surface area contributed by atoms with E-state index in [1.165, 1.54) is 0 Å². The molecule has 1 aromatic carbocycles. The van der Waals surface area contributed by atoms with Gasteiger partial charge >= 0.3 is 5.97 Å². The van der Waals surface area contributed by atoms with Crippen molar-refractivity contribution in [1.29, 1.82) is 0 Å². The number of likely N-dealkylation sites (tertiary alicyclic amines) is 1. The van der Waals surface area contributed by atoms with Gasteiger partial charge in [-0.25, -0.2) is 4.79 Å². The zero-order chi connectivity index (χ0) is 17.9. The molecule has 2 rings (SSSR count). The molecule has 6 nitrogen and oxygen atoms in total. The van der Waals surface area contributed by atoms with Gasteiger partial charge in [0.2, 0.25) is 11.8 Å². The molecule has 2 N–H and O–H groups in total. The zero-order valence-corrected chi connectivity index (χ0v) is 13.5. The fraction of sp³-hybridized carbons (Fsp3) is 0.278. The smallest absolute Gasteiger partial charge is 0.326 e. The fourth-order valence-electron chi connectivity index (χ4n) is 2.14. The Hall–Kier alpha value is -2.89. The van der Waals surface area contributed by atoms with Gasteiger partial charge in [0.15, 0.2) is 0 Å². The average molecular weight is 330 g/mol. The van der Waals surface area contributed by atoms with E-state index >= 15 is 0 Å². The van der Waals surface area contributed by atoms with E-state index < -0.39 is 17.9 Å². The van der Waals surface area contributed by atoms with Crippen LogP contribution in [0.4, 0.5) is 0 Å². The van der Waals surface area contributed by atoms with Crippen molar-refractivity contribution in [3.8, 4) is 0 Å². The van der Waals surface area contributed by atoms with E-state index in [1.54, 1.807) is 11.1 Å². The summed E-state index contributed by atoms with van der Waals surface area (Å²) in [7, 11) is 0. The molecule has 1 aliphatic heterocycles. The second-order valence-corrected chi connectivity index (χ2v) is 5.17. The molecule has 0 aromatic heterocycles. The zero-order valence-electron chi connectivity index (χ0n) is 13.5. The number of rotatable bonds is 6. The van der Waals surface area contributed by atoms with Crippen molar-refractivity contribution in [2.24, 2.45) is 0 Å². The Balaban J connectivity index is 0.000000300. The maximum atomic E-state index is 11.0. The SMILES string of the molecule is C=CC(=O)NC(Cc1ccccc1)C(=O)O.C=CN1CCCC1=O. The third-order valence-corrected chi connectivity index (χ3v) is 3.41. The quantitative estimate of drug-likeness (QED) is 0.778. The Morgan fingerprint density at radius 2 is 1.96 bits per heavy atom. The van der Waals surface area contributed by atoms with Crippen molar-refractivity contribution in [2.45, 2.75) is 25.3 Å². The molecule has 0 radical (unpaired) electrons. The van der Waals surface area contributed by atoms with Gasteiger partial charge in [-0.15, -0.1) is 0 Å². The van der Waals surface area contributed by atoms with Crippen LogP contribution in [0.1, 0.15) is 18.4 Å². The summed E-state index contributed by atoms with van der Waals surface area (Å²) in [4.78, 5) is 34.2. The van der Waals surface area contributed by atoms with Crippen LogP contribution in [-0.2, 0) is 20.8 Å². The van der Waals surface area contributed by atoms with Gasteiger partial charge in [0.1, 0.15) is 6.04 Å². The van der Waals surface area contributed by atoms with Crippen LogP contribution >= 0.6 is 0 Å². The van der Waals surface area contributed by atoms with Crippen LogP contribution in [0.3, 0.4) is 0 Å². The molecular formula is C18H22N2O4. The number of nitrogens with one attached hydrogen (secondary N) is 1. The molecule has 1 fully saturated rings. The number of carboxylic acids is 1. The van der Waals surface area contributed by atoms with E-state index in [9.17, 15) is 14.4 Å². The summed E-state index contributed by atoms with van der Waals surface area (Å²) in [5, 5.41) is 11.3. The third-order valence-electron chi connectivity index (χ3n) is 3.41. The number of benzene rings is 1. The molecule has 0 bridgehead atoms. The first-order valence-corrected chi connectivity index (χ1v) is 7.59. The molecule has 1 unspecified atom stereocenters. The van der Waals surface area contributed by atoms with Gasteiger partial charge < -0.3 is 15.3 Å². The van der Waals surface area contributed by atoms with E-state index in [1.807, 2.05) is 30.3 Å². The summed E-state index contributed by atoms with van der Waals surface area (Å²) in [6.45, 7) is 7.64. The lowest BCUT2D eigenvalue weighted by atomic mass is 10.1. The van der Waals surface area contributed by atoms with Gasteiger partial charge in [0.25, 0.3) is 0 Å². The van der Waals surface area contributed by atoms with E-state index in [4.69, 9.17) is 5.11 Å².